The van der Waals surface area contributed by atoms with Crippen LogP contribution in [0.2, 0.25) is 0 Å². The summed E-state index contributed by atoms with van der Waals surface area (Å²) < 4.78 is -0.686. The lowest BCUT2D eigenvalue weighted by molar-refractivity contribution is -0.142. The molecule has 3 unspecified atom stereocenters. The van der Waals surface area contributed by atoms with Gasteiger partial charge in [-0.05, 0) is 37.8 Å². The van der Waals surface area contributed by atoms with E-state index in [9.17, 15) is 19.5 Å². The number of thioether (sulfide) groups is 1. The quantitative estimate of drug-likeness (QED) is 0.192. The van der Waals surface area contributed by atoms with Gasteiger partial charge < -0.3 is 19.8 Å². The summed E-state index contributed by atoms with van der Waals surface area (Å²) in [5.41, 5.74) is 0.768. The van der Waals surface area contributed by atoms with E-state index in [0.29, 0.717) is 45.4 Å². The number of alkyl halides is 1. The number of benzene rings is 1. The average Bonchev–Trinajstić information content (AvgIpc) is 3.53. The minimum absolute atomic E-state index is 0.0121. The molecule has 3 saturated heterocycles. The number of rotatable bonds is 14. The molecule has 1 aromatic carbocycles. The SMILES string of the molecule is C=CCN(CCCC)C(=O)C1N(CCCCO)C(=O)[C@@H]2[C@H](C(=O)N(CC=C)c3ccccc3)[C@H]3SC12CC3Br. The number of hydrogen-bond donors (Lipinski definition) is 1. The second kappa shape index (κ2) is 13.0. The smallest absolute Gasteiger partial charge is 0.247 e. The van der Waals surface area contributed by atoms with Crippen LogP contribution in [0.4, 0.5) is 5.69 Å². The van der Waals surface area contributed by atoms with Crippen LogP contribution >= 0.6 is 27.7 Å². The van der Waals surface area contributed by atoms with Crippen molar-refractivity contribution >= 4 is 51.1 Å². The highest BCUT2D eigenvalue weighted by Gasteiger charge is 2.76. The summed E-state index contributed by atoms with van der Waals surface area (Å²) in [6, 6.07) is 8.84. The number of para-hydroxylation sites is 1. The normalized spacial score (nSPS) is 28.8. The Morgan fingerprint density at radius 2 is 1.87 bits per heavy atom. The van der Waals surface area contributed by atoms with Crippen LogP contribution in [0.25, 0.3) is 0 Å². The number of aliphatic hydroxyl groups is 1. The third-order valence-electron chi connectivity index (χ3n) is 8.20. The standard InChI is InChI=1S/C30H40BrN3O4S/c1-4-7-17-32(15-5-2)29(38)26-30-20-22(31)25(39-30)23(24(30)28(37)34(26)18-11-12-19-35)27(36)33(16-6-3)21-13-9-8-10-14-21/h5-6,8-10,13-14,22-26,35H,2-4,7,11-12,15-20H2,1H3/t22?,23-,24-,25-,26?,30?/m0/s1. The van der Waals surface area contributed by atoms with E-state index in [1.54, 1.807) is 33.7 Å². The maximum Gasteiger partial charge on any atom is 0.247 e. The molecule has 0 radical (unpaired) electrons. The second-order valence-corrected chi connectivity index (χ2v) is 13.3. The number of carbonyl (C=O) groups excluding carboxylic acids is 3. The van der Waals surface area contributed by atoms with E-state index < -0.39 is 22.6 Å². The van der Waals surface area contributed by atoms with Gasteiger partial charge in [0.05, 0.1) is 16.6 Å². The highest BCUT2D eigenvalue weighted by atomic mass is 79.9. The third-order valence-corrected chi connectivity index (χ3v) is 11.4. The maximum absolute atomic E-state index is 14.3. The molecule has 2 bridgehead atoms. The zero-order valence-electron chi connectivity index (χ0n) is 22.7. The number of fused-ring (bicyclic) bond motifs is 1. The van der Waals surface area contributed by atoms with Crippen molar-refractivity contribution in [1.82, 2.24) is 9.80 Å². The predicted octanol–water partition coefficient (Wildman–Crippen LogP) is 4.26. The van der Waals surface area contributed by atoms with Crippen LogP contribution in [0.5, 0.6) is 0 Å². The Kier molecular flexibility index (Phi) is 9.99. The van der Waals surface area contributed by atoms with E-state index in [0.717, 1.165) is 18.5 Å². The van der Waals surface area contributed by atoms with Gasteiger partial charge in [-0.3, -0.25) is 14.4 Å². The van der Waals surface area contributed by atoms with Gasteiger partial charge in [-0.2, -0.15) is 0 Å². The summed E-state index contributed by atoms with van der Waals surface area (Å²) in [6.45, 7) is 11.6. The van der Waals surface area contributed by atoms with E-state index in [1.165, 1.54) is 0 Å². The summed E-state index contributed by atoms with van der Waals surface area (Å²) >= 11 is 5.52. The minimum Gasteiger partial charge on any atom is -0.396 e. The maximum atomic E-state index is 14.3. The van der Waals surface area contributed by atoms with Crippen LogP contribution in [0.1, 0.15) is 39.0 Å². The number of nitrogens with zero attached hydrogens (tertiary/aromatic N) is 3. The molecule has 3 aliphatic heterocycles. The van der Waals surface area contributed by atoms with Crippen LogP contribution in [0, 0.1) is 11.8 Å². The number of aliphatic hydroxyl groups excluding tert-OH is 1. The number of amides is 3. The van der Waals surface area contributed by atoms with E-state index in [2.05, 4.69) is 36.0 Å². The minimum atomic E-state index is -0.686. The molecule has 0 aromatic heterocycles. The molecular formula is C30H40BrN3O4S. The fraction of sp³-hybridized carbons (Fsp3) is 0.567. The summed E-state index contributed by atoms with van der Waals surface area (Å²) in [6.07, 6.45) is 7.06. The molecule has 1 aromatic rings. The van der Waals surface area contributed by atoms with Crippen LogP contribution in [-0.2, 0) is 14.4 Å². The monoisotopic (exact) mass is 617 g/mol. The molecule has 9 heteroatoms. The van der Waals surface area contributed by atoms with Gasteiger partial charge in [-0.15, -0.1) is 24.9 Å². The van der Waals surface area contributed by atoms with Crippen LogP contribution in [0.3, 0.4) is 0 Å². The van der Waals surface area contributed by atoms with Crippen molar-refractivity contribution < 1.29 is 19.5 Å². The van der Waals surface area contributed by atoms with Gasteiger partial charge in [-0.1, -0.05) is 59.6 Å². The van der Waals surface area contributed by atoms with Gasteiger partial charge in [0, 0.05) is 48.6 Å². The molecule has 0 aliphatic carbocycles. The highest BCUT2D eigenvalue weighted by Crippen LogP contribution is 2.68. The first kappa shape index (κ1) is 29.9. The fourth-order valence-corrected chi connectivity index (χ4v) is 10.1. The van der Waals surface area contributed by atoms with Gasteiger partial charge in [-0.25, -0.2) is 0 Å². The summed E-state index contributed by atoms with van der Waals surface area (Å²) in [5, 5.41) is 9.30. The summed E-state index contributed by atoms with van der Waals surface area (Å²) in [7, 11) is 0. The van der Waals surface area contributed by atoms with Crippen molar-refractivity contribution in [1.29, 1.82) is 0 Å². The molecule has 3 fully saturated rings. The van der Waals surface area contributed by atoms with Crippen molar-refractivity contribution in [3.63, 3.8) is 0 Å². The molecule has 3 amide bonds. The molecule has 1 N–H and O–H groups in total. The van der Waals surface area contributed by atoms with Crippen LogP contribution in [-0.4, -0.2) is 86.3 Å². The molecule has 3 aliphatic rings. The molecule has 212 valence electrons. The Bertz CT molecular complexity index is 1070. The topological polar surface area (TPSA) is 81.2 Å². The fourth-order valence-electron chi connectivity index (χ4n) is 6.53. The Morgan fingerprint density at radius 1 is 1.15 bits per heavy atom. The molecule has 3 heterocycles. The number of anilines is 1. The lowest BCUT2D eigenvalue weighted by Gasteiger charge is -2.38. The molecule has 7 nitrogen and oxygen atoms in total. The number of carbonyl (C=O) groups is 3. The van der Waals surface area contributed by atoms with Crippen molar-refractivity contribution in [2.24, 2.45) is 11.8 Å². The highest BCUT2D eigenvalue weighted by molar-refractivity contribution is 9.09. The predicted molar refractivity (Wildman–Crippen MR) is 161 cm³/mol. The average molecular weight is 619 g/mol. The summed E-state index contributed by atoms with van der Waals surface area (Å²) in [4.78, 5) is 48.2. The molecule has 6 atom stereocenters. The first-order valence-corrected chi connectivity index (χ1v) is 15.8. The number of likely N-dealkylation sites (tertiary alicyclic amines) is 1. The lowest BCUT2D eigenvalue weighted by atomic mass is 9.70. The van der Waals surface area contributed by atoms with Crippen molar-refractivity contribution in [3.05, 3.63) is 55.6 Å². The summed E-state index contributed by atoms with van der Waals surface area (Å²) in [5.74, 6) is -1.40. The van der Waals surface area contributed by atoms with Gasteiger partial charge in [0.1, 0.15) is 6.04 Å². The van der Waals surface area contributed by atoms with E-state index >= 15 is 0 Å². The van der Waals surface area contributed by atoms with E-state index in [-0.39, 0.29) is 34.4 Å². The van der Waals surface area contributed by atoms with Gasteiger partial charge >= 0.3 is 0 Å². The Morgan fingerprint density at radius 3 is 2.51 bits per heavy atom. The van der Waals surface area contributed by atoms with Crippen LogP contribution in [0.15, 0.2) is 55.6 Å². The first-order chi connectivity index (χ1) is 18.9. The second-order valence-electron chi connectivity index (χ2n) is 10.6. The Hall–Kier alpha value is -2.10. The van der Waals surface area contributed by atoms with Crippen molar-refractivity contribution in [3.8, 4) is 0 Å². The van der Waals surface area contributed by atoms with Gasteiger partial charge in [0.2, 0.25) is 17.7 Å². The number of halogens is 1. The number of unbranched alkanes of at least 4 members (excludes halogenated alkanes) is 2. The van der Waals surface area contributed by atoms with Crippen LogP contribution < -0.4 is 4.90 Å². The van der Waals surface area contributed by atoms with Gasteiger partial charge in [0.25, 0.3) is 0 Å². The zero-order valence-corrected chi connectivity index (χ0v) is 25.1. The third kappa shape index (κ3) is 5.46. The van der Waals surface area contributed by atoms with Crippen molar-refractivity contribution in [2.75, 3.05) is 37.7 Å². The van der Waals surface area contributed by atoms with Crippen molar-refractivity contribution in [2.45, 2.75) is 59.9 Å². The number of hydrogen-bond acceptors (Lipinski definition) is 5. The molecule has 0 saturated carbocycles. The molecule has 4 rings (SSSR count). The Labute approximate surface area is 244 Å². The largest absolute Gasteiger partial charge is 0.396 e. The van der Waals surface area contributed by atoms with Gasteiger partial charge in [0.15, 0.2) is 0 Å². The Balaban J connectivity index is 1.75. The zero-order chi connectivity index (χ0) is 28.2. The molecule has 1 spiro atoms. The first-order valence-electron chi connectivity index (χ1n) is 14.0. The van der Waals surface area contributed by atoms with E-state index in [4.69, 9.17) is 0 Å². The molecular weight excluding hydrogens is 578 g/mol. The lowest BCUT2D eigenvalue weighted by Crippen LogP contribution is -2.56. The van der Waals surface area contributed by atoms with E-state index in [1.807, 2.05) is 35.2 Å². The molecule has 39 heavy (non-hydrogen) atoms.